The predicted octanol–water partition coefficient (Wildman–Crippen LogP) is 2.90. The van der Waals surface area contributed by atoms with E-state index in [0.29, 0.717) is 12.4 Å². The summed E-state index contributed by atoms with van der Waals surface area (Å²) >= 11 is 0. The first-order valence-corrected chi connectivity index (χ1v) is 8.13. The van der Waals surface area contributed by atoms with Gasteiger partial charge in [0.15, 0.2) is 11.5 Å². The van der Waals surface area contributed by atoms with Crippen molar-refractivity contribution in [2.24, 2.45) is 0 Å². The zero-order valence-electron chi connectivity index (χ0n) is 13.6. The Kier molecular flexibility index (Phi) is 3.74. The second-order valence-corrected chi connectivity index (χ2v) is 5.77. The molecule has 0 saturated heterocycles. The third-order valence-corrected chi connectivity index (χ3v) is 4.23. The van der Waals surface area contributed by atoms with Gasteiger partial charge in [0.25, 0.3) is 0 Å². The molecule has 2 N–H and O–H groups in total. The van der Waals surface area contributed by atoms with E-state index < -0.39 is 0 Å². The molecule has 0 spiro atoms. The van der Waals surface area contributed by atoms with Gasteiger partial charge in [-0.05, 0) is 43.2 Å². The molecule has 0 atom stereocenters. The fraction of sp³-hybridized carbons (Fsp3) is 0.278. The number of anilines is 1. The fourth-order valence-corrected chi connectivity index (χ4v) is 2.93. The SMILES string of the molecule is CCn1ncc2c(C3=CCOCC3)nc(-c3ccc(N)cc3)nc21. The maximum Gasteiger partial charge on any atom is 0.162 e. The van der Waals surface area contributed by atoms with Crippen LogP contribution in [0.15, 0.2) is 36.5 Å². The standard InChI is InChI=1S/C18H19N5O/c1-2-23-18-15(11-20-23)16(12-7-9-24-10-8-12)21-17(22-18)13-3-5-14(19)6-4-13/h3-7,11H,2,8-10,19H2,1H3. The van der Waals surface area contributed by atoms with Crippen LogP contribution in [0.25, 0.3) is 28.0 Å². The van der Waals surface area contributed by atoms with Crippen molar-refractivity contribution >= 4 is 22.3 Å². The quantitative estimate of drug-likeness (QED) is 0.750. The van der Waals surface area contributed by atoms with Crippen LogP contribution in [0.3, 0.4) is 0 Å². The number of hydrogen-bond donors (Lipinski definition) is 1. The highest BCUT2D eigenvalue weighted by atomic mass is 16.5. The highest BCUT2D eigenvalue weighted by Gasteiger charge is 2.17. The van der Waals surface area contributed by atoms with Crippen LogP contribution in [-0.4, -0.2) is 33.0 Å². The first-order valence-electron chi connectivity index (χ1n) is 8.13. The van der Waals surface area contributed by atoms with Crippen LogP contribution in [0.4, 0.5) is 5.69 Å². The molecule has 122 valence electrons. The van der Waals surface area contributed by atoms with Crippen molar-refractivity contribution in [1.82, 2.24) is 19.7 Å². The minimum atomic E-state index is 0.625. The lowest BCUT2D eigenvalue weighted by molar-refractivity contribution is 0.161. The Bertz CT molecular complexity index is 911. The molecule has 24 heavy (non-hydrogen) atoms. The summed E-state index contributed by atoms with van der Waals surface area (Å²) in [4.78, 5) is 9.59. The van der Waals surface area contributed by atoms with Gasteiger partial charge in [0, 0.05) is 17.8 Å². The fourth-order valence-electron chi connectivity index (χ4n) is 2.93. The lowest BCUT2D eigenvalue weighted by atomic mass is 10.0. The lowest BCUT2D eigenvalue weighted by Crippen LogP contribution is -2.07. The van der Waals surface area contributed by atoms with Crippen LogP contribution in [0.2, 0.25) is 0 Å². The van der Waals surface area contributed by atoms with E-state index in [2.05, 4.69) is 18.1 Å². The van der Waals surface area contributed by atoms with Crippen molar-refractivity contribution in [3.63, 3.8) is 0 Å². The van der Waals surface area contributed by atoms with Crippen LogP contribution in [0.5, 0.6) is 0 Å². The minimum Gasteiger partial charge on any atom is -0.399 e. The lowest BCUT2D eigenvalue weighted by Gasteiger charge is -2.14. The molecule has 0 amide bonds. The predicted molar refractivity (Wildman–Crippen MR) is 94.3 cm³/mol. The number of nitrogens with two attached hydrogens (primary N) is 1. The highest BCUT2D eigenvalue weighted by Crippen LogP contribution is 2.29. The molecule has 0 saturated carbocycles. The van der Waals surface area contributed by atoms with Gasteiger partial charge in [-0.25, -0.2) is 14.6 Å². The second kappa shape index (κ2) is 6.05. The van der Waals surface area contributed by atoms with E-state index in [-0.39, 0.29) is 0 Å². The molecule has 2 aromatic heterocycles. The van der Waals surface area contributed by atoms with Crippen molar-refractivity contribution in [2.45, 2.75) is 19.9 Å². The Morgan fingerprint density at radius 3 is 2.75 bits per heavy atom. The summed E-state index contributed by atoms with van der Waals surface area (Å²) in [5.41, 5.74) is 10.5. The van der Waals surface area contributed by atoms with Gasteiger partial charge in [0.1, 0.15) is 0 Å². The third kappa shape index (κ3) is 2.55. The van der Waals surface area contributed by atoms with Crippen LogP contribution in [-0.2, 0) is 11.3 Å². The van der Waals surface area contributed by atoms with Gasteiger partial charge in [-0.3, -0.25) is 0 Å². The number of rotatable bonds is 3. The smallest absolute Gasteiger partial charge is 0.162 e. The zero-order valence-corrected chi connectivity index (χ0v) is 13.6. The van der Waals surface area contributed by atoms with E-state index in [9.17, 15) is 0 Å². The molecule has 0 aliphatic carbocycles. The Morgan fingerprint density at radius 2 is 2.04 bits per heavy atom. The van der Waals surface area contributed by atoms with E-state index in [1.165, 1.54) is 5.57 Å². The number of hydrogen-bond acceptors (Lipinski definition) is 5. The average molecular weight is 321 g/mol. The van der Waals surface area contributed by atoms with Crippen molar-refractivity contribution in [3.05, 3.63) is 42.2 Å². The van der Waals surface area contributed by atoms with Gasteiger partial charge < -0.3 is 10.5 Å². The molecule has 0 radical (unpaired) electrons. The van der Waals surface area contributed by atoms with E-state index in [1.807, 2.05) is 35.1 Å². The molecule has 4 rings (SSSR count). The largest absolute Gasteiger partial charge is 0.399 e. The normalized spacial score (nSPS) is 14.8. The summed E-state index contributed by atoms with van der Waals surface area (Å²) in [6.45, 7) is 4.17. The summed E-state index contributed by atoms with van der Waals surface area (Å²) in [6.07, 6.45) is 4.81. The number of benzene rings is 1. The summed E-state index contributed by atoms with van der Waals surface area (Å²) in [5, 5.41) is 5.44. The molecule has 1 aromatic carbocycles. The van der Waals surface area contributed by atoms with Crippen LogP contribution >= 0.6 is 0 Å². The molecule has 3 heterocycles. The Morgan fingerprint density at radius 1 is 1.21 bits per heavy atom. The van der Waals surface area contributed by atoms with Crippen molar-refractivity contribution < 1.29 is 4.74 Å². The summed E-state index contributed by atoms with van der Waals surface area (Å²) in [7, 11) is 0. The number of aryl methyl sites for hydroxylation is 1. The maximum absolute atomic E-state index is 5.79. The number of fused-ring (bicyclic) bond motifs is 1. The van der Waals surface area contributed by atoms with E-state index >= 15 is 0 Å². The molecule has 1 aliphatic rings. The van der Waals surface area contributed by atoms with E-state index in [0.717, 1.165) is 47.6 Å². The van der Waals surface area contributed by atoms with Gasteiger partial charge in [0.2, 0.25) is 0 Å². The highest BCUT2D eigenvalue weighted by molar-refractivity contribution is 5.89. The van der Waals surface area contributed by atoms with Gasteiger partial charge in [-0.2, -0.15) is 5.10 Å². The van der Waals surface area contributed by atoms with Crippen LogP contribution in [0.1, 0.15) is 19.0 Å². The minimum absolute atomic E-state index is 0.625. The molecule has 0 bridgehead atoms. The second-order valence-electron chi connectivity index (χ2n) is 5.77. The molecule has 0 unspecified atom stereocenters. The van der Waals surface area contributed by atoms with Crippen molar-refractivity contribution in [3.8, 4) is 11.4 Å². The first kappa shape index (κ1) is 14.8. The zero-order chi connectivity index (χ0) is 16.5. The van der Waals surface area contributed by atoms with Gasteiger partial charge in [-0.1, -0.05) is 6.08 Å². The van der Waals surface area contributed by atoms with Gasteiger partial charge in [0.05, 0.1) is 30.5 Å². The maximum atomic E-state index is 5.79. The van der Waals surface area contributed by atoms with Gasteiger partial charge in [-0.15, -0.1) is 0 Å². The van der Waals surface area contributed by atoms with Crippen molar-refractivity contribution in [1.29, 1.82) is 0 Å². The van der Waals surface area contributed by atoms with Crippen LogP contribution in [0, 0.1) is 0 Å². The Hall–Kier alpha value is -2.73. The molecule has 3 aromatic rings. The summed E-state index contributed by atoms with van der Waals surface area (Å²) in [6, 6.07) is 7.64. The summed E-state index contributed by atoms with van der Waals surface area (Å²) < 4.78 is 7.34. The van der Waals surface area contributed by atoms with E-state index in [4.69, 9.17) is 20.4 Å². The molecule has 6 nitrogen and oxygen atoms in total. The molecule has 0 fully saturated rings. The molecular formula is C18H19N5O. The number of nitrogen functional groups attached to an aromatic ring is 1. The summed E-state index contributed by atoms with van der Waals surface area (Å²) in [5.74, 6) is 0.695. The van der Waals surface area contributed by atoms with Gasteiger partial charge >= 0.3 is 0 Å². The Labute approximate surface area is 140 Å². The molecular weight excluding hydrogens is 302 g/mol. The van der Waals surface area contributed by atoms with Crippen LogP contribution < -0.4 is 5.73 Å². The topological polar surface area (TPSA) is 78.8 Å². The Balaban J connectivity index is 1.94. The van der Waals surface area contributed by atoms with Crippen molar-refractivity contribution in [2.75, 3.05) is 18.9 Å². The third-order valence-electron chi connectivity index (χ3n) is 4.23. The number of ether oxygens (including phenoxy) is 1. The first-order chi connectivity index (χ1) is 11.8. The van der Waals surface area contributed by atoms with E-state index in [1.54, 1.807) is 0 Å². The monoisotopic (exact) mass is 321 g/mol. The number of aromatic nitrogens is 4. The molecule has 6 heteroatoms. The number of nitrogens with zero attached hydrogens (tertiary/aromatic N) is 4. The molecule has 1 aliphatic heterocycles. The average Bonchev–Trinajstić information content (AvgIpc) is 3.05.